The summed E-state index contributed by atoms with van der Waals surface area (Å²) in [7, 11) is 0. The molecule has 0 fully saturated rings. The number of nitrogens with zero attached hydrogens (tertiary/aromatic N) is 2. The van der Waals surface area contributed by atoms with Gasteiger partial charge in [0.15, 0.2) is 0 Å². The third kappa shape index (κ3) is 2.40. The van der Waals surface area contributed by atoms with Gasteiger partial charge in [0.05, 0.1) is 11.8 Å². The number of aliphatic hydroxyl groups is 1. The lowest BCUT2D eigenvalue weighted by Crippen LogP contribution is -2.32. The van der Waals surface area contributed by atoms with E-state index in [0.717, 1.165) is 5.69 Å². The third-order valence-electron chi connectivity index (χ3n) is 3.04. The van der Waals surface area contributed by atoms with Crippen molar-refractivity contribution in [3.8, 4) is 6.07 Å². The van der Waals surface area contributed by atoms with E-state index in [1.54, 1.807) is 6.20 Å². The second-order valence-electron chi connectivity index (χ2n) is 4.28. The molecule has 3 heteroatoms. The topological polar surface area (TPSA) is 56.9 Å². The van der Waals surface area contributed by atoms with E-state index in [4.69, 9.17) is 5.11 Å². The van der Waals surface area contributed by atoms with Crippen LogP contribution in [-0.2, 0) is 5.41 Å². The molecule has 0 saturated heterocycles. The van der Waals surface area contributed by atoms with Gasteiger partial charge in [0.25, 0.3) is 0 Å². The molecule has 0 aliphatic carbocycles. The van der Waals surface area contributed by atoms with E-state index >= 15 is 0 Å². The average molecular weight is 218 g/mol. The van der Waals surface area contributed by atoms with Crippen LogP contribution in [-0.4, -0.2) is 16.7 Å². The molecule has 0 radical (unpaired) electrons. The summed E-state index contributed by atoms with van der Waals surface area (Å²) in [6.07, 6.45) is 2.99. The highest BCUT2D eigenvalue weighted by atomic mass is 16.2. The highest BCUT2D eigenvalue weighted by Gasteiger charge is 2.36. The minimum Gasteiger partial charge on any atom is -0.396 e. The van der Waals surface area contributed by atoms with Crippen molar-refractivity contribution >= 4 is 0 Å². The molecule has 0 aromatic carbocycles. The van der Waals surface area contributed by atoms with Crippen LogP contribution in [0.2, 0.25) is 0 Å². The largest absolute Gasteiger partial charge is 0.396 e. The Morgan fingerprint density at radius 1 is 1.50 bits per heavy atom. The monoisotopic (exact) mass is 218 g/mol. The predicted octanol–water partition coefficient (Wildman–Crippen LogP) is 2.27. The van der Waals surface area contributed by atoms with Crippen LogP contribution in [0.15, 0.2) is 24.4 Å². The Bertz CT molecular complexity index is 356. The molecule has 0 amide bonds. The molecule has 0 spiro atoms. The van der Waals surface area contributed by atoms with Gasteiger partial charge in [-0.05, 0) is 30.9 Å². The Labute approximate surface area is 96.8 Å². The first-order chi connectivity index (χ1) is 7.67. The van der Waals surface area contributed by atoms with Gasteiger partial charge in [-0.1, -0.05) is 19.9 Å². The number of rotatable bonds is 5. The Kier molecular flexibility index (Phi) is 4.45. The molecule has 1 heterocycles. The van der Waals surface area contributed by atoms with Crippen LogP contribution in [0.3, 0.4) is 0 Å². The maximum atomic E-state index is 9.46. The molecule has 0 aliphatic heterocycles. The van der Waals surface area contributed by atoms with Gasteiger partial charge in [-0.3, -0.25) is 4.98 Å². The summed E-state index contributed by atoms with van der Waals surface area (Å²) in [4.78, 5) is 4.29. The molecule has 1 aromatic rings. The molecule has 1 N–H and O–H groups in total. The summed E-state index contributed by atoms with van der Waals surface area (Å²) >= 11 is 0. The number of hydrogen-bond donors (Lipinski definition) is 1. The molecule has 0 aliphatic rings. The van der Waals surface area contributed by atoms with Crippen molar-refractivity contribution in [2.24, 2.45) is 5.92 Å². The van der Waals surface area contributed by atoms with Crippen molar-refractivity contribution in [3.05, 3.63) is 30.1 Å². The van der Waals surface area contributed by atoms with Gasteiger partial charge in [-0.15, -0.1) is 0 Å². The van der Waals surface area contributed by atoms with Gasteiger partial charge in [0, 0.05) is 12.8 Å². The molecule has 86 valence electrons. The number of nitriles is 1. The quantitative estimate of drug-likeness (QED) is 0.824. The maximum Gasteiger partial charge on any atom is 0.102 e. The van der Waals surface area contributed by atoms with Crippen LogP contribution in [0, 0.1) is 17.2 Å². The van der Waals surface area contributed by atoms with Gasteiger partial charge >= 0.3 is 0 Å². The number of hydrogen-bond acceptors (Lipinski definition) is 3. The van der Waals surface area contributed by atoms with E-state index in [-0.39, 0.29) is 12.5 Å². The fourth-order valence-corrected chi connectivity index (χ4v) is 1.94. The van der Waals surface area contributed by atoms with Gasteiger partial charge in [-0.2, -0.15) is 5.26 Å². The lowest BCUT2D eigenvalue weighted by Gasteiger charge is -2.29. The first-order valence-electron chi connectivity index (χ1n) is 5.61. The lowest BCUT2D eigenvalue weighted by atomic mass is 9.72. The fraction of sp³-hybridized carbons (Fsp3) is 0.538. The van der Waals surface area contributed by atoms with Gasteiger partial charge in [-0.25, -0.2) is 0 Å². The van der Waals surface area contributed by atoms with Gasteiger partial charge < -0.3 is 5.11 Å². The molecule has 0 bridgehead atoms. The third-order valence-corrected chi connectivity index (χ3v) is 3.04. The molecule has 3 nitrogen and oxygen atoms in total. The summed E-state index contributed by atoms with van der Waals surface area (Å²) in [6.45, 7) is 4.16. The molecule has 0 saturated carbocycles. The Morgan fingerprint density at radius 3 is 2.69 bits per heavy atom. The van der Waals surface area contributed by atoms with Crippen LogP contribution in [0.4, 0.5) is 0 Å². The lowest BCUT2D eigenvalue weighted by molar-refractivity contribution is 0.255. The van der Waals surface area contributed by atoms with Crippen molar-refractivity contribution in [2.75, 3.05) is 6.61 Å². The summed E-state index contributed by atoms with van der Waals surface area (Å²) in [5.41, 5.74) is 0.227. The zero-order chi connectivity index (χ0) is 12.0. The minimum atomic E-state index is -0.579. The molecule has 16 heavy (non-hydrogen) atoms. The normalized spacial score (nSPS) is 14.4. The van der Waals surface area contributed by atoms with E-state index in [2.05, 4.69) is 11.1 Å². The van der Waals surface area contributed by atoms with E-state index < -0.39 is 5.41 Å². The highest BCUT2D eigenvalue weighted by molar-refractivity contribution is 5.27. The van der Waals surface area contributed by atoms with E-state index in [1.807, 2.05) is 32.0 Å². The van der Waals surface area contributed by atoms with E-state index in [9.17, 15) is 5.26 Å². The first-order valence-corrected chi connectivity index (χ1v) is 5.61. The maximum absolute atomic E-state index is 9.46. The van der Waals surface area contributed by atoms with Crippen LogP contribution in [0.5, 0.6) is 0 Å². The van der Waals surface area contributed by atoms with E-state index in [0.29, 0.717) is 12.8 Å². The smallest absolute Gasteiger partial charge is 0.102 e. The average Bonchev–Trinajstić information content (AvgIpc) is 2.31. The van der Waals surface area contributed by atoms with Crippen molar-refractivity contribution in [1.82, 2.24) is 4.98 Å². The molecular formula is C13H18N2O. The predicted molar refractivity (Wildman–Crippen MR) is 62.7 cm³/mol. The summed E-state index contributed by atoms with van der Waals surface area (Å²) in [5.74, 6) is 0.180. The number of pyridine rings is 1. The van der Waals surface area contributed by atoms with Crippen LogP contribution < -0.4 is 0 Å². The SMILES string of the molecule is CC(C)C(C#N)(CCCO)c1ccccn1. The zero-order valence-corrected chi connectivity index (χ0v) is 9.85. The first kappa shape index (κ1) is 12.7. The Balaban J connectivity index is 3.09. The Hall–Kier alpha value is -1.40. The van der Waals surface area contributed by atoms with E-state index in [1.165, 1.54) is 0 Å². The number of aromatic nitrogens is 1. The highest BCUT2D eigenvalue weighted by Crippen LogP contribution is 2.34. The van der Waals surface area contributed by atoms with Crippen molar-refractivity contribution in [3.63, 3.8) is 0 Å². The number of aliphatic hydroxyl groups excluding tert-OH is 1. The molecule has 1 rings (SSSR count). The van der Waals surface area contributed by atoms with Crippen molar-refractivity contribution in [1.29, 1.82) is 5.26 Å². The molecule has 1 aromatic heterocycles. The van der Waals surface area contributed by atoms with Crippen LogP contribution in [0.25, 0.3) is 0 Å². The van der Waals surface area contributed by atoms with Gasteiger partial charge in [0.2, 0.25) is 0 Å². The van der Waals surface area contributed by atoms with Crippen molar-refractivity contribution in [2.45, 2.75) is 32.1 Å². The standard InChI is InChI=1S/C13H18N2O/c1-11(2)13(10-14,7-5-9-16)12-6-3-4-8-15-12/h3-4,6,8,11,16H,5,7,9H2,1-2H3. The summed E-state index contributed by atoms with van der Waals surface area (Å²) < 4.78 is 0. The molecule has 1 unspecified atom stereocenters. The fourth-order valence-electron chi connectivity index (χ4n) is 1.94. The van der Waals surface area contributed by atoms with Crippen LogP contribution in [0.1, 0.15) is 32.4 Å². The minimum absolute atomic E-state index is 0.114. The second kappa shape index (κ2) is 5.62. The van der Waals surface area contributed by atoms with Crippen molar-refractivity contribution < 1.29 is 5.11 Å². The summed E-state index contributed by atoms with van der Waals surface area (Å²) in [5, 5.41) is 18.4. The summed E-state index contributed by atoms with van der Waals surface area (Å²) in [6, 6.07) is 8.03. The molecule has 1 atom stereocenters. The van der Waals surface area contributed by atoms with Crippen LogP contribution >= 0.6 is 0 Å². The van der Waals surface area contributed by atoms with Gasteiger partial charge in [0.1, 0.15) is 5.41 Å². The Morgan fingerprint density at radius 2 is 2.25 bits per heavy atom. The molecular weight excluding hydrogens is 200 g/mol. The second-order valence-corrected chi connectivity index (χ2v) is 4.28. The zero-order valence-electron chi connectivity index (χ0n) is 9.85.